The van der Waals surface area contributed by atoms with E-state index in [2.05, 4.69) is 28.9 Å². The molecule has 1 aliphatic heterocycles. The third-order valence-electron chi connectivity index (χ3n) is 4.84. The van der Waals surface area contributed by atoms with Gasteiger partial charge in [-0.15, -0.1) is 0 Å². The van der Waals surface area contributed by atoms with E-state index in [4.69, 9.17) is 0 Å². The lowest BCUT2D eigenvalue weighted by Crippen LogP contribution is -2.50. The smallest absolute Gasteiger partial charge is 0.369 e. The number of anilines is 1. The number of benzene rings is 2. The predicted octanol–water partition coefficient (Wildman–Crippen LogP) is 4.46. The van der Waals surface area contributed by atoms with Crippen LogP contribution in [0.4, 0.5) is 18.9 Å². The van der Waals surface area contributed by atoms with Gasteiger partial charge in [-0.05, 0) is 37.1 Å². The SMILES string of the molecule is C[C@H](Cc1cccc(C(F)(F)F)c1)N1CCN(c2ccccc2)CC1. The Labute approximate surface area is 146 Å². The van der Waals surface area contributed by atoms with Crippen LogP contribution in [-0.2, 0) is 12.6 Å². The Morgan fingerprint density at radius 1 is 0.920 bits per heavy atom. The van der Waals surface area contributed by atoms with E-state index in [1.807, 2.05) is 18.2 Å². The monoisotopic (exact) mass is 348 g/mol. The Bertz CT molecular complexity index is 677. The number of para-hydroxylation sites is 1. The first-order chi connectivity index (χ1) is 11.9. The minimum atomic E-state index is -4.28. The van der Waals surface area contributed by atoms with Gasteiger partial charge in [-0.25, -0.2) is 0 Å². The Balaban J connectivity index is 1.57. The van der Waals surface area contributed by atoms with Gasteiger partial charge in [-0.3, -0.25) is 4.90 Å². The van der Waals surface area contributed by atoms with Crippen LogP contribution in [0.3, 0.4) is 0 Å². The van der Waals surface area contributed by atoms with E-state index in [0.717, 1.165) is 37.8 Å². The third kappa shape index (κ3) is 4.54. The topological polar surface area (TPSA) is 6.48 Å². The quantitative estimate of drug-likeness (QED) is 0.805. The molecule has 0 amide bonds. The molecule has 2 aromatic rings. The zero-order valence-corrected chi connectivity index (χ0v) is 14.3. The lowest BCUT2D eigenvalue weighted by Gasteiger charge is -2.39. The summed E-state index contributed by atoms with van der Waals surface area (Å²) in [7, 11) is 0. The molecule has 0 aromatic heterocycles. The number of halogens is 3. The minimum absolute atomic E-state index is 0.224. The van der Waals surface area contributed by atoms with Crippen LogP contribution in [0.5, 0.6) is 0 Å². The minimum Gasteiger partial charge on any atom is -0.369 e. The molecule has 0 unspecified atom stereocenters. The molecule has 1 fully saturated rings. The fourth-order valence-electron chi connectivity index (χ4n) is 3.40. The summed E-state index contributed by atoms with van der Waals surface area (Å²) in [5.41, 5.74) is 1.41. The molecule has 1 saturated heterocycles. The van der Waals surface area contributed by atoms with Crippen molar-refractivity contribution >= 4 is 5.69 Å². The first-order valence-corrected chi connectivity index (χ1v) is 8.63. The van der Waals surface area contributed by atoms with Gasteiger partial charge in [0.15, 0.2) is 0 Å². The maximum atomic E-state index is 12.8. The fourth-order valence-corrected chi connectivity index (χ4v) is 3.40. The highest BCUT2D eigenvalue weighted by Gasteiger charge is 2.30. The van der Waals surface area contributed by atoms with Crippen LogP contribution >= 0.6 is 0 Å². The van der Waals surface area contributed by atoms with Crippen LogP contribution in [0.2, 0.25) is 0 Å². The van der Waals surface area contributed by atoms with Gasteiger partial charge in [0, 0.05) is 37.9 Å². The van der Waals surface area contributed by atoms with Gasteiger partial charge < -0.3 is 4.90 Å². The number of rotatable bonds is 4. The van der Waals surface area contributed by atoms with Crippen LogP contribution in [0.25, 0.3) is 0 Å². The maximum absolute atomic E-state index is 12.8. The molecule has 0 saturated carbocycles. The largest absolute Gasteiger partial charge is 0.416 e. The lowest BCUT2D eigenvalue weighted by molar-refractivity contribution is -0.137. The van der Waals surface area contributed by atoms with E-state index in [0.29, 0.717) is 6.42 Å². The van der Waals surface area contributed by atoms with Crippen molar-refractivity contribution in [3.63, 3.8) is 0 Å². The first-order valence-electron chi connectivity index (χ1n) is 8.63. The maximum Gasteiger partial charge on any atom is 0.416 e. The highest BCUT2D eigenvalue weighted by atomic mass is 19.4. The second-order valence-corrected chi connectivity index (χ2v) is 6.61. The van der Waals surface area contributed by atoms with Gasteiger partial charge in [0.1, 0.15) is 0 Å². The van der Waals surface area contributed by atoms with Gasteiger partial charge in [0.05, 0.1) is 5.56 Å². The molecule has 0 spiro atoms. The summed E-state index contributed by atoms with van der Waals surface area (Å²) in [5, 5.41) is 0. The van der Waals surface area contributed by atoms with Gasteiger partial charge in [-0.1, -0.05) is 36.4 Å². The molecule has 3 rings (SSSR count). The molecule has 1 aliphatic rings. The van der Waals surface area contributed by atoms with Crippen LogP contribution < -0.4 is 4.90 Å². The molecule has 0 aliphatic carbocycles. The molecule has 1 heterocycles. The second kappa shape index (κ2) is 7.48. The van der Waals surface area contributed by atoms with Crippen molar-refractivity contribution in [1.29, 1.82) is 0 Å². The van der Waals surface area contributed by atoms with Crippen molar-refractivity contribution in [1.82, 2.24) is 4.90 Å². The van der Waals surface area contributed by atoms with E-state index in [9.17, 15) is 13.2 Å². The Morgan fingerprint density at radius 3 is 2.24 bits per heavy atom. The van der Waals surface area contributed by atoms with E-state index < -0.39 is 11.7 Å². The van der Waals surface area contributed by atoms with Crippen LogP contribution in [0, 0.1) is 0 Å². The zero-order valence-electron chi connectivity index (χ0n) is 14.3. The number of hydrogen-bond acceptors (Lipinski definition) is 2. The molecule has 0 bridgehead atoms. The zero-order chi connectivity index (χ0) is 17.9. The molecular formula is C20H23F3N2. The molecule has 2 nitrogen and oxygen atoms in total. The highest BCUT2D eigenvalue weighted by Crippen LogP contribution is 2.30. The summed E-state index contributed by atoms with van der Waals surface area (Å²) in [6.45, 7) is 5.83. The Kier molecular flexibility index (Phi) is 5.33. The molecule has 134 valence electrons. The summed E-state index contributed by atoms with van der Waals surface area (Å²) in [6.07, 6.45) is -3.64. The molecular weight excluding hydrogens is 325 g/mol. The van der Waals surface area contributed by atoms with Crippen LogP contribution in [0.15, 0.2) is 54.6 Å². The Morgan fingerprint density at radius 2 is 1.60 bits per heavy atom. The second-order valence-electron chi connectivity index (χ2n) is 6.61. The third-order valence-corrected chi connectivity index (χ3v) is 4.84. The first kappa shape index (κ1) is 17.8. The summed E-state index contributed by atoms with van der Waals surface area (Å²) >= 11 is 0. The van der Waals surface area contributed by atoms with E-state index in [-0.39, 0.29) is 6.04 Å². The van der Waals surface area contributed by atoms with Crippen molar-refractivity contribution in [2.24, 2.45) is 0 Å². The van der Waals surface area contributed by atoms with Gasteiger partial charge in [0.25, 0.3) is 0 Å². The van der Waals surface area contributed by atoms with E-state index in [1.165, 1.54) is 17.8 Å². The molecule has 0 radical (unpaired) electrons. The Hall–Kier alpha value is -2.01. The molecule has 25 heavy (non-hydrogen) atoms. The molecule has 1 atom stereocenters. The van der Waals surface area contributed by atoms with Gasteiger partial charge in [0.2, 0.25) is 0 Å². The van der Waals surface area contributed by atoms with Crippen molar-refractivity contribution in [3.05, 3.63) is 65.7 Å². The normalized spacial score (nSPS) is 17.5. The average molecular weight is 348 g/mol. The lowest BCUT2D eigenvalue weighted by atomic mass is 10.0. The standard InChI is InChI=1S/C20H23F3N2/c1-16(14-17-6-5-7-18(15-17)20(21,22)23)24-10-12-25(13-11-24)19-8-3-2-4-9-19/h2-9,15-16H,10-14H2,1H3/t16-/m1/s1. The molecule has 5 heteroatoms. The number of hydrogen-bond donors (Lipinski definition) is 0. The predicted molar refractivity (Wildman–Crippen MR) is 94.8 cm³/mol. The van der Waals surface area contributed by atoms with E-state index in [1.54, 1.807) is 6.07 Å². The van der Waals surface area contributed by atoms with Crippen LogP contribution in [-0.4, -0.2) is 37.1 Å². The molecule has 2 aromatic carbocycles. The van der Waals surface area contributed by atoms with Crippen LogP contribution in [0.1, 0.15) is 18.1 Å². The summed E-state index contributed by atoms with van der Waals surface area (Å²) in [5.74, 6) is 0. The van der Waals surface area contributed by atoms with Gasteiger partial charge >= 0.3 is 6.18 Å². The summed E-state index contributed by atoms with van der Waals surface area (Å²) < 4.78 is 38.5. The molecule has 0 N–H and O–H groups in total. The number of nitrogens with zero attached hydrogens (tertiary/aromatic N) is 2. The summed E-state index contributed by atoms with van der Waals surface area (Å²) in [4.78, 5) is 4.72. The van der Waals surface area contributed by atoms with E-state index >= 15 is 0 Å². The fraction of sp³-hybridized carbons (Fsp3) is 0.400. The van der Waals surface area contributed by atoms with Crippen molar-refractivity contribution in [2.75, 3.05) is 31.1 Å². The number of alkyl halides is 3. The van der Waals surface area contributed by atoms with Crippen molar-refractivity contribution in [2.45, 2.75) is 25.6 Å². The average Bonchev–Trinajstić information content (AvgIpc) is 2.62. The van der Waals surface area contributed by atoms with Crippen molar-refractivity contribution in [3.8, 4) is 0 Å². The number of piperazine rings is 1. The summed E-state index contributed by atoms with van der Waals surface area (Å²) in [6, 6.07) is 16.2. The van der Waals surface area contributed by atoms with Gasteiger partial charge in [-0.2, -0.15) is 13.2 Å². The highest BCUT2D eigenvalue weighted by molar-refractivity contribution is 5.46. The van der Waals surface area contributed by atoms with Crippen molar-refractivity contribution < 1.29 is 13.2 Å².